The number of likely N-dealkylation sites (tertiary alicyclic amines) is 1. The van der Waals surface area contributed by atoms with Crippen molar-refractivity contribution in [3.63, 3.8) is 0 Å². The minimum atomic E-state index is 0.00757. The van der Waals surface area contributed by atoms with E-state index in [2.05, 4.69) is 66.0 Å². The summed E-state index contributed by atoms with van der Waals surface area (Å²) >= 11 is 0. The van der Waals surface area contributed by atoms with Gasteiger partial charge in [-0.25, -0.2) is 0 Å². The smallest absolute Gasteiger partial charge is 0.246 e. The van der Waals surface area contributed by atoms with Crippen LogP contribution in [0.4, 0.5) is 5.69 Å². The molecule has 1 amide bonds. The number of carbonyl (C=O) groups is 1. The number of hydrogen-bond acceptors (Lipinski definition) is 3. The van der Waals surface area contributed by atoms with Gasteiger partial charge in [0.1, 0.15) is 0 Å². The summed E-state index contributed by atoms with van der Waals surface area (Å²) in [5.74, 6) is 0.00757. The Kier molecular flexibility index (Phi) is 4.40. The molecule has 5 heteroatoms. The van der Waals surface area contributed by atoms with Gasteiger partial charge in [-0.3, -0.25) is 4.79 Å². The lowest BCUT2D eigenvalue weighted by molar-refractivity contribution is -0.130. The third-order valence-electron chi connectivity index (χ3n) is 6.21. The van der Waals surface area contributed by atoms with Crippen molar-refractivity contribution in [3.8, 4) is 11.3 Å². The van der Waals surface area contributed by atoms with Crippen molar-refractivity contribution in [2.75, 3.05) is 31.6 Å². The third-order valence-corrected chi connectivity index (χ3v) is 6.21. The summed E-state index contributed by atoms with van der Waals surface area (Å²) < 4.78 is 5.62. The number of hydrogen-bond donors (Lipinski definition) is 1. The molecule has 29 heavy (non-hydrogen) atoms. The number of amides is 1. The van der Waals surface area contributed by atoms with Crippen LogP contribution in [0.1, 0.15) is 11.1 Å². The molecular weight excluding hydrogens is 362 g/mol. The Bertz CT molecular complexity index is 1090. The molecule has 0 saturated carbocycles. The van der Waals surface area contributed by atoms with Crippen molar-refractivity contribution in [1.82, 2.24) is 9.88 Å². The maximum absolute atomic E-state index is 11.7. The maximum Gasteiger partial charge on any atom is 0.246 e. The van der Waals surface area contributed by atoms with Gasteiger partial charge >= 0.3 is 0 Å². The predicted octanol–water partition coefficient (Wildman–Crippen LogP) is 3.74. The summed E-state index contributed by atoms with van der Waals surface area (Å²) in [5, 5.41) is 1.20. The number of fused-ring (bicyclic) bond motifs is 2. The van der Waals surface area contributed by atoms with Crippen LogP contribution in [0.3, 0.4) is 0 Å². The fraction of sp³-hybridized carbons (Fsp3) is 0.292. The number of aromatic amines is 1. The fourth-order valence-corrected chi connectivity index (χ4v) is 4.34. The van der Waals surface area contributed by atoms with Crippen LogP contribution in [-0.4, -0.2) is 48.6 Å². The van der Waals surface area contributed by atoms with Crippen molar-refractivity contribution >= 4 is 22.5 Å². The molecule has 3 aromatic rings. The Morgan fingerprint density at radius 2 is 2.10 bits per heavy atom. The lowest BCUT2D eigenvalue weighted by atomic mass is 9.99. The Morgan fingerprint density at radius 3 is 2.93 bits per heavy atom. The average molecular weight is 387 g/mol. The van der Waals surface area contributed by atoms with Crippen molar-refractivity contribution in [2.45, 2.75) is 19.1 Å². The highest BCUT2D eigenvalue weighted by Gasteiger charge is 2.33. The van der Waals surface area contributed by atoms with Crippen LogP contribution >= 0.6 is 0 Å². The number of likely N-dealkylation sites (N-methyl/N-ethyl adjacent to an activating group) is 1. The van der Waals surface area contributed by atoms with Crippen molar-refractivity contribution in [1.29, 1.82) is 0 Å². The van der Waals surface area contributed by atoms with E-state index in [9.17, 15) is 4.79 Å². The molecule has 3 heterocycles. The molecule has 2 aliphatic rings. The highest BCUT2D eigenvalue weighted by Crippen LogP contribution is 2.34. The zero-order valence-corrected chi connectivity index (χ0v) is 16.6. The Labute approximate surface area is 170 Å². The molecule has 1 N–H and O–H groups in total. The summed E-state index contributed by atoms with van der Waals surface area (Å²) in [6.45, 7) is 6.55. The van der Waals surface area contributed by atoms with E-state index in [1.807, 2.05) is 4.90 Å². The summed E-state index contributed by atoms with van der Waals surface area (Å²) in [5.41, 5.74) is 7.28. The normalized spacial score (nSPS) is 16.4. The first kappa shape index (κ1) is 18.0. The van der Waals surface area contributed by atoms with Crippen molar-refractivity contribution < 1.29 is 9.53 Å². The van der Waals surface area contributed by atoms with E-state index < -0.39 is 0 Å². The Hall–Kier alpha value is -3.05. The summed E-state index contributed by atoms with van der Waals surface area (Å²) in [7, 11) is 2.11. The minimum absolute atomic E-state index is 0.00757. The molecule has 148 valence electrons. The van der Waals surface area contributed by atoms with Crippen molar-refractivity contribution in [3.05, 3.63) is 66.2 Å². The largest absolute Gasteiger partial charge is 0.376 e. The van der Waals surface area contributed by atoms with Gasteiger partial charge in [0.2, 0.25) is 5.91 Å². The molecule has 0 spiro atoms. The summed E-state index contributed by atoms with van der Waals surface area (Å²) in [6, 6.07) is 15.6. The topological polar surface area (TPSA) is 48.6 Å². The first-order valence-corrected chi connectivity index (χ1v) is 10.1. The number of nitrogens with one attached hydrogen (secondary N) is 1. The first-order valence-electron chi connectivity index (χ1n) is 10.1. The number of H-pyrrole nitrogens is 1. The number of rotatable bonds is 4. The molecule has 0 radical (unpaired) electrons. The van der Waals surface area contributed by atoms with Gasteiger partial charge in [-0.05, 0) is 53.5 Å². The zero-order chi connectivity index (χ0) is 20.0. The van der Waals surface area contributed by atoms with Crippen molar-refractivity contribution in [2.24, 2.45) is 0 Å². The Balaban J connectivity index is 1.44. The number of aromatic nitrogens is 1. The van der Waals surface area contributed by atoms with E-state index in [1.54, 1.807) is 0 Å². The molecule has 1 saturated heterocycles. The molecular formula is C24H25N3O2. The van der Waals surface area contributed by atoms with Crippen LogP contribution in [0.2, 0.25) is 0 Å². The van der Waals surface area contributed by atoms with E-state index in [1.165, 1.54) is 33.8 Å². The van der Waals surface area contributed by atoms with Crippen LogP contribution in [0.25, 0.3) is 22.2 Å². The lowest BCUT2D eigenvalue weighted by Crippen LogP contribution is -2.60. The van der Waals surface area contributed by atoms with Gasteiger partial charge in [0.15, 0.2) is 0 Å². The summed E-state index contributed by atoms with van der Waals surface area (Å²) in [6.07, 6.45) is 2.38. The van der Waals surface area contributed by atoms with Gasteiger partial charge in [0.25, 0.3) is 0 Å². The Morgan fingerprint density at radius 1 is 1.24 bits per heavy atom. The second kappa shape index (κ2) is 7.08. The minimum Gasteiger partial charge on any atom is -0.376 e. The predicted molar refractivity (Wildman–Crippen MR) is 116 cm³/mol. The van der Waals surface area contributed by atoms with E-state index >= 15 is 0 Å². The highest BCUT2D eigenvalue weighted by molar-refractivity contribution is 5.96. The lowest BCUT2D eigenvalue weighted by Gasteiger charge is -2.44. The van der Waals surface area contributed by atoms with E-state index in [0.717, 1.165) is 37.3 Å². The third kappa shape index (κ3) is 3.12. The number of ether oxygens (including phenoxy) is 1. The zero-order valence-electron chi connectivity index (χ0n) is 16.6. The number of nitrogens with zero attached hydrogens (tertiary/aromatic N) is 2. The molecule has 0 unspecified atom stereocenters. The monoisotopic (exact) mass is 387 g/mol. The van der Waals surface area contributed by atoms with Gasteiger partial charge in [0.05, 0.1) is 19.3 Å². The van der Waals surface area contributed by atoms with Crippen LogP contribution < -0.4 is 4.90 Å². The quantitative estimate of drug-likeness (QED) is 0.694. The molecule has 5 rings (SSSR count). The highest BCUT2D eigenvalue weighted by atomic mass is 16.5. The van der Waals surface area contributed by atoms with Crippen LogP contribution in [0, 0.1) is 0 Å². The second-order valence-corrected chi connectivity index (χ2v) is 7.92. The maximum atomic E-state index is 11.7. The summed E-state index contributed by atoms with van der Waals surface area (Å²) in [4.78, 5) is 19.4. The molecule has 0 bridgehead atoms. The molecule has 5 nitrogen and oxygen atoms in total. The van der Waals surface area contributed by atoms with Gasteiger partial charge in [-0.15, -0.1) is 0 Å². The van der Waals surface area contributed by atoms with Crippen LogP contribution in [-0.2, 0) is 22.6 Å². The van der Waals surface area contributed by atoms with Gasteiger partial charge < -0.3 is 19.5 Å². The second-order valence-electron chi connectivity index (χ2n) is 7.92. The standard InChI is InChI=1S/C24H25N3O2/c1-3-24(28)27-13-19(14-27)26(2)23-6-4-5-21-20(23)12-22(25-21)17-8-7-16-9-10-29-15-18(16)11-17/h3-8,11-12,19,25H,1,9-10,13-15H2,2H3. The van der Waals surface area contributed by atoms with E-state index in [4.69, 9.17) is 4.74 Å². The number of carbonyl (C=O) groups excluding carboxylic acids is 1. The molecule has 2 aromatic carbocycles. The van der Waals surface area contributed by atoms with Crippen LogP contribution in [0.5, 0.6) is 0 Å². The van der Waals surface area contributed by atoms with Gasteiger partial charge in [-0.2, -0.15) is 0 Å². The molecule has 0 atom stereocenters. The number of anilines is 1. The molecule has 2 aliphatic heterocycles. The first-order chi connectivity index (χ1) is 14.1. The van der Waals surface area contributed by atoms with E-state index in [-0.39, 0.29) is 5.91 Å². The molecule has 1 fully saturated rings. The number of benzene rings is 2. The average Bonchev–Trinajstić information content (AvgIpc) is 3.16. The van der Waals surface area contributed by atoms with Gasteiger partial charge in [-0.1, -0.05) is 24.8 Å². The fourth-order valence-electron chi connectivity index (χ4n) is 4.34. The molecule has 1 aromatic heterocycles. The SMILES string of the molecule is C=CC(=O)N1CC(N(C)c2cccc3[nH]c(-c4ccc5c(c4)COCC5)cc23)C1. The van der Waals surface area contributed by atoms with Gasteiger partial charge in [0, 0.05) is 42.4 Å². The van der Waals surface area contributed by atoms with E-state index in [0.29, 0.717) is 12.6 Å². The van der Waals surface area contributed by atoms with Crippen LogP contribution in [0.15, 0.2) is 55.1 Å². The molecule has 0 aliphatic carbocycles.